The molecule has 0 amide bonds. The van der Waals surface area contributed by atoms with Crippen LogP contribution in [0.3, 0.4) is 0 Å². The van der Waals surface area contributed by atoms with Gasteiger partial charge in [0.15, 0.2) is 11.2 Å². The molecule has 0 aliphatic rings. The van der Waals surface area contributed by atoms with Crippen LogP contribution in [0, 0.1) is 13.8 Å². The average molecular weight is 358 g/mol. The van der Waals surface area contributed by atoms with Crippen LogP contribution in [0.25, 0.3) is 11.2 Å². The van der Waals surface area contributed by atoms with Crippen LogP contribution in [-0.4, -0.2) is 34.2 Å². The van der Waals surface area contributed by atoms with Crippen LogP contribution in [0.4, 0.5) is 5.95 Å². The van der Waals surface area contributed by atoms with Crippen molar-refractivity contribution in [3.05, 3.63) is 38.3 Å². The number of hydrogen-bond donors (Lipinski definition) is 1. The molecule has 3 heterocycles. The van der Waals surface area contributed by atoms with Crippen LogP contribution in [0.1, 0.15) is 18.3 Å². The molecule has 3 aromatic rings. The lowest BCUT2D eigenvalue weighted by Gasteiger charge is -2.05. The Kier molecular flexibility index (Phi) is 4.26. The third kappa shape index (κ3) is 2.83. The number of rotatable bonds is 4. The van der Waals surface area contributed by atoms with Gasteiger partial charge in [-0.05, 0) is 26.8 Å². The van der Waals surface area contributed by atoms with E-state index < -0.39 is 11.2 Å². The summed E-state index contributed by atoms with van der Waals surface area (Å²) in [5.74, 6) is 0.381. The highest BCUT2D eigenvalue weighted by Crippen LogP contribution is 2.13. The monoisotopic (exact) mass is 358 g/mol. The molecule has 26 heavy (non-hydrogen) atoms. The number of hydrogen-bond acceptors (Lipinski definition) is 6. The summed E-state index contributed by atoms with van der Waals surface area (Å²) in [4.78, 5) is 28.8. The first kappa shape index (κ1) is 17.6. The summed E-state index contributed by atoms with van der Waals surface area (Å²) in [7, 11) is 4.73. The minimum absolute atomic E-state index is 0.314. The lowest BCUT2D eigenvalue weighted by molar-refractivity contribution is 0.689. The Morgan fingerprint density at radius 3 is 2.46 bits per heavy atom. The molecule has 0 aliphatic heterocycles. The van der Waals surface area contributed by atoms with Gasteiger partial charge in [0, 0.05) is 26.8 Å². The second-order valence-corrected chi connectivity index (χ2v) is 6.42. The van der Waals surface area contributed by atoms with E-state index in [2.05, 4.69) is 20.6 Å². The Labute approximate surface area is 149 Å². The fourth-order valence-corrected chi connectivity index (χ4v) is 2.85. The summed E-state index contributed by atoms with van der Waals surface area (Å²) < 4.78 is 5.86. The molecular weight excluding hydrogens is 336 g/mol. The lowest BCUT2D eigenvalue weighted by Crippen LogP contribution is -2.37. The van der Waals surface area contributed by atoms with Gasteiger partial charge < -0.3 is 4.57 Å². The normalized spacial score (nSPS) is 12.2. The third-order valence-electron chi connectivity index (χ3n) is 4.30. The van der Waals surface area contributed by atoms with E-state index in [1.54, 1.807) is 18.7 Å². The number of anilines is 1. The predicted octanol–water partition coefficient (Wildman–Crippen LogP) is 0.272. The van der Waals surface area contributed by atoms with Gasteiger partial charge in [-0.2, -0.15) is 15.2 Å². The Bertz CT molecular complexity index is 1140. The number of hydrazone groups is 1. The maximum atomic E-state index is 12.4. The van der Waals surface area contributed by atoms with Crippen molar-refractivity contribution in [3.8, 4) is 0 Å². The molecule has 10 heteroatoms. The zero-order chi connectivity index (χ0) is 19.2. The van der Waals surface area contributed by atoms with E-state index >= 15 is 0 Å². The Morgan fingerprint density at radius 1 is 1.15 bits per heavy atom. The number of aromatic nitrogens is 6. The fraction of sp³-hybridized carbons (Fsp3) is 0.438. The highest BCUT2D eigenvalue weighted by Gasteiger charge is 2.16. The van der Waals surface area contributed by atoms with Crippen LogP contribution >= 0.6 is 0 Å². The number of imidazole rings is 1. The summed E-state index contributed by atoms with van der Waals surface area (Å²) in [6.45, 7) is 6.35. The van der Waals surface area contributed by atoms with Crippen molar-refractivity contribution in [1.29, 1.82) is 0 Å². The van der Waals surface area contributed by atoms with Crippen molar-refractivity contribution in [2.75, 3.05) is 5.43 Å². The van der Waals surface area contributed by atoms with Crippen LogP contribution in [0.2, 0.25) is 0 Å². The molecule has 0 bridgehead atoms. The van der Waals surface area contributed by atoms with E-state index in [-0.39, 0.29) is 0 Å². The summed E-state index contributed by atoms with van der Waals surface area (Å²) in [6.07, 6.45) is 0. The molecule has 138 valence electrons. The number of fused-ring (bicyclic) bond motifs is 1. The molecule has 3 aromatic heterocycles. The van der Waals surface area contributed by atoms with E-state index in [1.807, 2.05) is 31.5 Å². The van der Waals surface area contributed by atoms with Gasteiger partial charge in [-0.1, -0.05) is 0 Å². The second kappa shape index (κ2) is 6.28. The van der Waals surface area contributed by atoms with Crippen LogP contribution in [-0.2, 0) is 27.7 Å². The van der Waals surface area contributed by atoms with Crippen LogP contribution in [0.15, 0.2) is 20.8 Å². The first-order valence-corrected chi connectivity index (χ1v) is 8.13. The maximum absolute atomic E-state index is 12.4. The number of aryl methyl sites for hydroxylation is 4. The molecule has 0 aromatic carbocycles. The average Bonchev–Trinajstić information content (AvgIpc) is 3.08. The lowest BCUT2D eigenvalue weighted by atomic mass is 10.4. The van der Waals surface area contributed by atoms with Gasteiger partial charge in [-0.25, -0.2) is 10.2 Å². The molecular formula is C16H22N8O2. The van der Waals surface area contributed by atoms with Crippen molar-refractivity contribution < 1.29 is 0 Å². The van der Waals surface area contributed by atoms with Crippen molar-refractivity contribution in [2.24, 2.45) is 26.2 Å². The fourth-order valence-electron chi connectivity index (χ4n) is 2.85. The van der Waals surface area contributed by atoms with Gasteiger partial charge in [-0.15, -0.1) is 0 Å². The van der Waals surface area contributed by atoms with Gasteiger partial charge in [-0.3, -0.25) is 18.6 Å². The molecule has 0 spiro atoms. The van der Waals surface area contributed by atoms with Gasteiger partial charge in [0.1, 0.15) is 0 Å². The quantitative estimate of drug-likeness (QED) is 0.533. The molecule has 0 radical (unpaired) electrons. The van der Waals surface area contributed by atoms with Crippen molar-refractivity contribution in [1.82, 2.24) is 28.5 Å². The zero-order valence-electron chi connectivity index (χ0n) is 15.7. The molecule has 3 rings (SSSR count). The molecule has 0 saturated heterocycles. The first-order valence-electron chi connectivity index (χ1n) is 8.13. The van der Waals surface area contributed by atoms with E-state index in [1.165, 1.54) is 11.6 Å². The minimum atomic E-state index is -0.420. The van der Waals surface area contributed by atoms with Crippen molar-refractivity contribution in [3.63, 3.8) is 0 Å². The summed E-state index contributed by atoms with van der Waals surface area (Å²) in [6, 6.07) is 2.00. The van der Waals surface area contributed by atoms with Crippen molar-refractivity contribution in [2.45, 2.75) is 27.3 Å². The highest BCUT2D eigenvalue weighted by atomic mass is 16.2. The largest absolute Gasteiger partial charge is 0.332 e. The van der Waals surface area contributed by atoms with Crippen LogP contribution < -0.4 is 16.7 Å². The van der Waals surface area contributed by atoms with Gasteiger partial charge in [0.25, 0.3) is 5.56 Å². The molecule has 0 atom stereocenters. The SMILES string of the molecule is C/C(Cn1nc(C)cc1C)=N\Nc1nc2c(c(=O)n(C)c(=O)n2C)n1C. The van der Waals surface area contributed by atoms with E-state index in [4.69, 9.17) is 0 Å². The third-order valence-corrected chi connectivity index (χ3v) is 4.30. The summed E-state index contributed by atoms with van der Waals surface area (Å²) >= 11 is 0. The molecule has 0 aliphatic carbocycles. The molecule has 10 nitrogen and oxygen atoms in total. The number of nitrogens with zero attached hydrogens (tertiary/aromatic N) is 7. The molecule has 0 fully saturated rings. The minimum Gasteiger partial charge on any atom is -0.306 e. The highest BCUT2D eigenvalue weighted by molar-refractivity contribution is 5.82. The topological polar surface area (TPSA) is 104 Å². The number of nitrogens with one attached hydrogen (secondary N) is 1. The molecule has 1 N–H and O–H groups in total. The van der Waals surface area contributed by atoms with Gasteiger partial charge in [0.2, 0.25) is 5.95 Å². The van der Waals surface area contributed by atoms with E-state index in [0.29, 0.717) is 23.7 Å². The van der Waals surface area contributed by atoms with Gasteiger partial charge >= 0.3 is 5.69 Å². The summed E-state index contributed by atoms with van der Waals surface area (Å²) in [5, 5.41) is 8.73. The van der Waals surface area contributed by atoms with Gasteiger partial charge in [0.05, 0.1) is 18.0 Å². The molecule has 0 saturated carbocycles. The Hall–Kier alpha value is -3.17. The standard InChI is InChI=1S/C16H22N8O2/c1-9-7-11(3)24(20-9)8-10(2)18-19-15-17-13-12(21(15)4)14(25)23(6)16(26)22(13)5/h7H,8H2,1-6H3,(H,17,19)/b18-10+. The second-order valence-electron chi connectivity index (χ2n) is 6.42. The first-order chi connectivity index (χ1) is 12.2. The van der Waals surface area contributed by atoms with Crippen molar-refractivity contribution >= 4 is 22.8 Å². The predicted molar refractivity (Wildman–Crippen MR) is 99.6 cm³/mol. The Morgan fingerprint density at radius 2 is 1.85 bits per heavy atom. The molecule has 0 unspecified atom stereocenters. The zero-order valence-corrected chi connectivity index (χ0v) is 15.7. The Balaban J connectivity index is 1.94. The smallest absolute Gasteiger partial charge is 0.306 e. The summed E-state index contributed by atoms with van der Waals surface area (Å²) in [5.41, 5.74) is 5.52. The van der Waals surface area contributed by atoms with E-state index in [9.17, 15) is 9.59 Å². The van der Waals surface area contributed by atoms with Crippen LogP contribution in [0.5, 0.6) is 0 Å². The van der Waals surface area contributed by atoms with E-state index in [0.717, 1.165) is 21.7 Å². The maximum Gasteiger partial charge on any atom is 0.332 e.